The molecule has 2 aliphatic carbocycles. The molecule has 0 fully saturated rings. The molecule has 0 bridgehead atoms. The summed E-state index contributed by atoms with van der Waals surface area (Å²) in [5.74, 6) is -1.37. The van der Waals surface area contributed by atoms with Crippen LogP contribution in [0.5, 0.6) is 11.5 Å². The summed E-state index contributed by atoms with van der Waals surface area (Å²) in [6.45, 7) is -0.400. The maximum Gasteiger partial charge on any atom is 0.196 e. The molecule has 0 amide bonds. The van der Waals surface area contributed by atoms with E-state index in [-0.39, 0.29) is 44.9 Å². The number of carbonyl (C=O) groups is 2. The molecule has 0 spiro atoms. The SMILES string of the molecule is COc1cccc2c1C(=O)C1=C(C2=O)c2c(O)cc(CO)cc2[C@H](O)[C@H]1O. The number of methoxy groups -OCH3 is 1. The number of hydrogen-bond acceptors (Lipinski definition) is 7. The van der Waals surface area contributed by atoms with Crippen LogP contribution in [0, 0.1) is 0 Å². The van der Waals surface area contributed by atoms with Crippen LogP contribution < -0.4 is 4.74 Å². The Labute approximate surface area is 153 Å². The van der Waals surface area contributed by atoms with E-state index in [0.29, 0.717) is 5.56 Å². The lowest BCUT2D eigenvalue weighted by atomic mass is 9.71. The van der Waals surface area contributed by atoms with Crippen molar-refractivity contribution in [3.63, 3.8) is 0 Å². The molecule has 2 atom stereocenters. The molecule has 0 saturated carbocycles. The summed E-state index contributed by atoms with van der Waals surface area (Å²) in [6.07, 6.45) is -3.19. The van der Waals surface area contributed by atoms with Gasteiger partial charge in [0.15, 0.2) is 11.6 Å². The average molecular weight is 368 g/mol. The van der Waals surface area contributed by atoms with E-state index in [1.54, 1.807) is 6.07 Å². The molecule has 0 aromatic heterocycles. The number of allylic oxidation sites excluding steroid dienone is 1. The zero-order chi connectivity index (χ0) is 19.5. The number of aliphatic hydroxyl groups excluding tert-OH is 3. The molecule has 2 aromatic carbocycles. The van der Waals surface area contributed by atoms with Crippen molar-refractivity contribution in [2.45, 2.75) is 18.8 Å². The lowest BCUT2D eigenvalue weighted by Crippen LogP contribution is -2.36. The fourth-order valence-corrected chi connectivity index (χ4v) is 3.79. The summed E-state index contributed by atoms with van der Waals surface area (Å²) in [7, 11) is 1.36. The minimum atomic E-state index is -1.66. The van der Waals surface area contributed by atoms with E-state index in [0.717, 1.165) is 0 Å². The fraction of sp³-hybridized carbons (Fsp3) is 0.200. The predicted molar refractivity (Wildman–Crippen MR) is 93.6 cm³/mol. The molecule has 0 aliphatic heterocycles. The van der Waals surface area contributed by atoms with Gasteiger partial charge in [-0.05, 0) is 29.3 Å². The van der Waals surface area contributed by atoms with Gasteiger partial charge in [-0.2, -0.15) is 0 Å². The molecule has 4 N–H and O–H groups in total. The van der Waals surface area contributed by atoms with E-state index in [9.17, 15) is 30.0 Å². The van der Waals surface area contributed by atoms with Crippen LogP contribution in [0.3, 0.4) is 0 Å². The lowest BCUT2D eigenvalue weighted by Gasteiger charge is -2.34. The molecular formula is C20H16O7. The highest BCUT2D eigenvalue weighted by molar-refractivity contribution is 6.42. The number of benzene rings is 2. The van der Waals surface area contributed by atoms with Crippen molar-refractivity contribution < 1.29 is 34.8 Å². The Morgan fingerprint density at radius 1 is 1.04 bits per heavy atom. The summed E-state index contributed by atoms with van der Waals surface area (Å²) in [6, 6.07) is 7.22. The van der Waals surface area contributed by atoms with Gasteiger partial charge in [0.05, 0.1) is 19.3 Å². The van der Waals surface area contributed by atoms with Crippen molar-refractivity contribution in [3.8, 4) is 11.5 Å². The van der Waals surface area contributed by atoms with Crippen molar-refractivity contribution in [3.05, 3.63) is 63.7 Å². The second-order valence-corrected chi connectivity index (χ2v) is 6.46. The van der Waals surface area contributed by atoms with Gasteiger partial charge in [-0.3, -0.25) is 9.59 Å². The van der Waals surface area contributed by atoms with Gasteiger partial charge in [0.25, 0.3) is 0 Å². The van der Waals surface area contributed by atoms with Crippen LogP contribution in [-0.4, -0.2) is 45.2 Å². The molecule has 138 valence electrons. The van der Waals surface area contributed by atoms with E-state index in [1.165, 1.54) is 31.4 Å². The van der Waals surface area contributed by atoms with Crippen molar-refractivity contribution in [1.82, 2.24) is 0 Å². The second kappa shape index (κ2) is 6.02. The minimum Gasteiger partial charge on any atom is -0.507 e. The first-order valence-corrected chi connectivity index (χ1v) is 8.24. The number of phenolic OH excluding ortho intramolecular Hbond substituents is 1. The monoisotopic (exact) mass is 368 g/mol. The van der Waals surface area contributed by atoms with Crippen LogP contribution in [0.1, 0.15) is 43.5 Å². The standard InChI is InChI=1S/C20H16O7/c1-27-12-4-2-3-9-14(12)19(25)16-15(17(9)23)13-10(18(24)20(16)26)5-8(7-21)6-11(13)22/h2-6,18,20-22,24,26H,7H2,1H3/t18-,20-/m0/s1. The Kier molecular flexibility index (Phi) is 3.88. The molecule has 7 heteroatoms. The second-order valence-electron chi connectivity index (χ2n) is 6.46. The highest BCUT2D eigenvalue weighted by Crippen LogP contribution is 2.48. The van der Waals surface area contributed by atoms with Crippen LogP contribution >= 0.6 is 0 Å². The topological polar surface area (TPSA) is 124 Å². The maximum absolute atomic E-state index is 13.2. The van der Waals surface area contributed by atoms with Gasteiger partial charge in [0.2, 0.25) is 0 Å². The van der Waals surface area contributed by atoms with Crippen LogP contribution in [0.15, 0.2) is 35.9 Å². The van der Waals surface area contributed by atoms with E-state index >= 15 is 0 Å². The maximum atomic E-state index is 13.2. The van der Waals surface area contributed by atoms with Crippen molar-refractivity contribution >= 4 is 17.1 Å². The fourth-order valence-electron chi connectivity index (χ4n) is 3.79. The van der Waals surface area contributed by atoms with E-state index in [2.05, 4.69) is 0 Å². The lowest BCUT2D eigenvalue weighted by molar-refractivity contribution is 0.0362. The van der Waals surface area contributed by atoms with E-state index in [4.69, 9.17) is 4.74 Å². The Balaban J connectivity index is 2.06. The molecule has 4 rings (SSSR count). The first-order valence-electron chi connectivity index (χ1n) is 8.24. The number of phenols is 1. The molecule has 2 aromatic rings. The minimum absolute atomic E-state index is 0.00757. The smallest absolute Gasteiger partial charge is 0.196 e. The summed E-state index contributed by atoms with van der Waals surface area (Å²) in [4.78, 5) is 26.3. The molecule has 7 nitrogen and oxygen atoms in total. The van der Waals surface area contributed by atoms with Crippen LogP contribution in [0.2, 0.25) is 0 Å². The van der Waals surface area contributed by atoms with Crippen molar-refractivity contribution in [1.29, 1.82) is 0 Å². The molecular weight excluding hydrogens is 352 g/mol. The zero-order valence-corrected chi connectivity index (χ0v) is 14.3. The number of hydrogen-bond donors (Lipinski definition) is 4. The predicted octanol–water partition coefficient (Wildman–Crippen LogP) is 1.13. The van der Waals surface area contributed by atoms with E-state index < -0.39 is 30.4 Å². The van der Waals surface area contributed by atoms with Crippen molar-refractivity contribution in [2.24, 2.45) is 0 Å². The van der Waals surface area contributed by atoms with Crippen molar-refractivity contribution in [2.75, 3.05) is 7.11 Å². The van der Waals surface area contributed by atoms with Crippen LogP contribution in [0.25, 0.3) is 5.57 Å². The molecule has 0 radical (unpaired) electrons. The highest BCUT2D eigenvalue weighted by atomic mass is 16.5. The summed E-state index contributed by atoms with van der Waals surface area (Å²) in [5, 5.41) is 40.9. The normalized spacial score (nSPS) is 20.9. The summed E-state index contributed by atoms with van der Waals surface area (Å²) < 4.78 is 5.18. The number of Topliss-reactive ketones (excluding diaryl/α,β-unsaturated/α-hetero) is 2. The van der Waals surface area contributed by atoms with Gasteiger partial charge in [0.1, 0.15) is 23.7 Å². The first-order chi connectivity index (χ1) is 12.9. The van der Waals surface area contributed by atoms with Gasteiger partial charge < -0.3 is 25.2 Å². The summed E-state index contributed by atoms with van der Waals surface area (Å²) >= 11 is 0. The van der Waals surface area contributed by atoms with Crippen LogP contribution in [0.4, 0.5) is 0 Å². The molecule has 27 heavy (non-hydrogen) atoms. The third kappa shape index (κ3) is 2.26. The average Bonchev–Trinajstić information content (AvgIpc) is 2.67. The zero-order valence-electron chi connectivity index (χ0n) is 14.3. The quantitative estimate of drug-likeness (QED) is 0.626. The largest absolute Gasteiger partial charge is 0.507 e. The Morgan fingerprint density at radius 3 is 2.44 bits per heavy atom. The summed E-state index contributed by atoms with van der Waals surface area (Å²) in [5.41, 5.74) is 0.0746. The third-order valence-electron chi connectivity index (χ3n) is 5.01. The Hall–Kier alpha value is -3.00. The Morgan fingerprint density at radius 2 is 1.78 bits per heavy atom. The van der Waals surface area contributed by atoms with Gasteiger partial charge in [0, 0.05) is 22.3 Å². The number of ether oxygens (including phenoxy) is 1. The first kappa shape index (κ1) is 17.4. The Bertz CT molecular complexity index is 1030. The van der Waals surface area contributed by atoms with Gasteiger partial charge >= 0.3 is 0 Å². The third-order valence-corrected chi connectivity index (χ3v) is 5.01. The number of aliphatic hydroxyl groups is 3. The van der Waals surface area contributed by atoms with Gasteiger partial charge in [-0.25, -0.2) is 0 Å². The van der Waals surface area contributed by atoms with E-state index in [1.807, 2.05) is 0 Å². The molecule has 0 unspecified atom stereocenters. The molecule has 2 aliphatic rings. The highest BCUT2D eigenvalue weighted by Gasteiger charge is 2.45. The molecule has 0 saturated heterocycles. The number of ketones is 2. The van der Waals surface area contributed by atoms with Crippen LogP contribution in [-0.2, 0) is 6.61 Å². The number of carbonyl (C=O) groups excluding carboxylic acids is 2. The number of rotatable bonds is 2. The van der Waals surface area contributed by atoms with Gasteiger partial charge in [-0.1, -0.05) is 12.1 Å². The number of aromatic hydroxyl groups is 1. The number of fused-ring (bicyclic) bond motifs is 3. The molecule has 0 heterocycles. The van der Waals surface area contributed by atoms with Gasteiger partial charge in [-0.15, -0.1) is 0 Å².